The molecule has 3 rings (SSSR count). The maximum atomic E-state index is 12.4. The van der Waals surface area contributed by atoms with Gasteiger partial charge in [0.15, 0.2) is 0 Å². The zero-order valence-electron chi connectivity index (χ0n) is 15.1. The van der Waals surface area contributed by atoms with Crippen LogP contribution in [0.2, 0.25) is 0 Å². The molecule has 1 amide bonds. The Hall–Kier alpha value is -2.29. The molecule has 1 fully saturated rings. The third kappa shape index (κ3) is 5.12. The first-order valence-corrected chi connectivity index (χ1v) is 10.4. The van der Waals surface area contributed by atoms with Gasteiger partial charge in [-0.2, -0.15) is 0 Å². The molecule has 0 aliphatic carbocycles. The second kappa shape index (κ2) is 8.60. The number of nitrogens with zero attached hydrogens (tertiary/aromatic N) is 1. The van der Waals surface area contributed by atoms with Crippen LogP contribution in [0.25, 0.3) is 0 Å². The van der Waals surface area contributed by atoms with Crippen molar-refractivity contribution in [1.82, 2.24) is 15.0 Å². The fraction of sp³-hybridized carbons (Fsp3) is 0.368. The van der Waals surface area contributed by atoms with Crippen LogP contribution in [0, 0.1) is 0 Å². The molecule has 2 heterocycles. The largest absolute Gasteiger partial charge is 0.377 e. The van der Waals surface area contributed by atoms with Gasteiger partial charge in [-0.1, -0.05) is 6.07 Å². The van der Waals surface area contributed by atoms with E-state index in [0.29, 0.717) is 12.2 Å². The molecule has 144 valence electrons. The molecule has 0 unspecified atom stereocenters. The Bertz CT molecular complexity index is 864. The van der Waals surface area contributed by atoms with Crippen molar-refractivity contribution >= 4 is 15.9 Å². The van der Waals surface area contributed by atoms with E-state index < -0.39 is 10.0 Å². The highest BCUT2D eigenvalue weighted by atomic mass is 32.2. The Labute approximate surface area is 159 Å². The summed E-state index contributed by atoms with van der Waals surface area (Å²) in [6.07, 6.45) is 3.41. The van der Waals surface area contributed by atoms with Gasteiger partial charge in [0, 0.05) is 24.9 Å². The number of aromatic nitrogens is 1. The predicted molar refractivity (Wildman–Crippen MR) is 101 cm³/mol. The fourth-order valence-corrected chi connectivity index (χ4v) is 3.93. The molecule has 1 aliphatic rings. The molecule has 0 spiro atoms. The van der Waals surface area contributed by atoms with Crippen LogP contribution in [-0.2, 0) is 14.8 Å². The van der Waals surface area contributed by atoms with E-state index in [1.165, 1.54) is 24.3 Å². The highest BCUT2D eigenvalue weighted by Gasteiger charge is 2.20. The van der Waals surface area contributed by atoms with Crippen LogP contribution in [0.1, 0.15) is 41.9 Å². The number of rotatable bonds is 7. The van der Waals surface area contributed by atoms with Gasteiger partial charge in [-0.15, -0.1) is 0 Å². The van der Waals surface area contributed by atoms with Gasteiger partial charge in [0.1, 0.15) is 0 Å². The highest BCUT2D eigenvalue weighted by molar-refractivity contribution is 7.89. The molecule has 2 N–H and O–H groups in total. The molecule has 1 aromatic heterocycles. The Morgan fingerprint density at radius 1 is 1.26 bits per heavy atom. The van der Waals surface area contributed by atoms with E-state index in [0.717, 1.165) is 18.5 Å². The minimum absolute atomic E-state index is 0.0714. The number of hydrogen-bond donors (Lipinski definition) is 2. The number of carbonyl (C=O) groups excluding carboxylic acids is 1. The first kappa shape index (κ1) is 19.5. The van der Waals surface area contributed by atoms with Gasteiger partial charge in [0.2, 0.25) is 10.0 Å². The zero-order chi connectivity index (χ0) is 19.3. The number of nitrogens with one attached hydrogen (secondary N) is 2. The molecule has 7 nitrogen and oxygen atoms in total. The number of ether oxygens (including phenoxy) is 1. The first-order chi connectivity index (χ1) is 13.0. The van der Waals surface area contributed by atoms with Crippen molar-refractivity contribution < 1.29 is 17.9 Å². The average Bonchev–Trinajstić information content (AvgIpc) is 3.21. The summed E-state index contributed by atoms with van der Waals surface area (Å²) in [6.45, 7) is 2.77. The van der Waals surface area contributed by atoms with Crippen LogP contribution in [0.4, 0.5) is 0 Å². The van der Waals surface area contributed by atoms with Crippen molar-refractivity contribution in [3.05, 3.63) is 59.9 Å². The van der Waals surface area contributed by atoms with Crippen LogP contribution in [0.5, 0.6) is 0 Å². The summed E-state index contributed by atoms with van der Waals surface area (Å²) in [4.78, 5) is 16.7. The summed E-state index contributed by atoms with van der Waals surface area (Å²) in [5.41, 5.74) is 1.14. The molecule has 1 aliphatic heterocycles. The van der Waals surface area contributed by atoms with Gasteiger partial charge < -0.3 is 10.1 Å². The molecule has 0 radical (unpaired) electrons. The SMILES string of the molecule is C[C@@H](NC(=O)c1ccc(S(=O)(=O)NC[C@@H]2CCCO2)cc1)c1ccccn1. The number of hydrogen-bond acceptors (Lipinski definition) is 5. The van der Waals surface area contributed by atoms with E-state index in [4.69, 9.17) is 4.74 Å². The minimum atomic E-state index is -3.63. The van der Waals surface area contributed by atoms with Gasteiger partial charge in [-0.05, 0) is 56.2 Å². The monoisotopic (exact) mass is 389 g/mol. The maximum Gasteiger partial charge on any atom is 0.251 e. The van der Waals surface area contributed by atoms with Gasteiger partial charge in [-0.3, -0.25) is 9.78 Å². The van der Waals surface area contributed by atoms with E-state index in [2.05, 4.69) is 15.0 Å². The lowest BCUT2D eigenvalue weighted by Crippen LogP contribution is -2.32. The van der Waals surface area contributed by atoms with E-state index >= 15 is 0 Å². The van der Waals surface area contributed by atoms with Crippen LogP contribution in [0.3, 0.4) is 0 Å². The Kier molecular flexibility index (Phi) is 6.20. The fourth-order valence-electron chi connectivity index (χ4n) is 2.86. The highest BCUT2D eigenvalue weighted by Crippen LogP contribution is 2.15. The van der Waals surface area contributed by atoms with Gasteiger partial charge in [0.05, 0.1) is 22.7 Å². The summed E-state index contributed by atoms with van der Waals surface area (Å²) in [7, 11) is -3.63. The van der Waals surface area contributed by atoms with Crippen molar-refractivity contribution in [2.45, 2.75) is 36.8 Å². The summed E-state index contributed by atoms with van der Waals surface area (Å²) in [6, 6.07) is 11.1. The maximum absolute atomic E-state index is 12.4. The summed E-state index contributed by atoms with van der Waals surface area (Å²) in [5.74, 6) is -0.288. The van der Waals surface area contributed by atoms with Gasteiger partial charge >= 0.3 is 0 Å². The standard InChI is InChI=1S/C19H23N3O4S/c1-14(18-6-2-3-11-20-18)22-19(23)15-7-9-17(10-8-15)27(24,25)21-13-16-5-4-12-26-16/h2-3,6-11,14,16,21H,4-5,12-13H2,1H3,(H,22,23)/t14-,16+/m1/s1. The second-order valence-electron chi connectivity index (χ2n) is 6.46. The smallest absolute Gasteiger partial charge is 0.251 e. The van der Waals surface area contributed by atoms with Crippen molar-refractivity contribution in [2.75, 3.05) is 13.2 Å². The molecule has 1 aromatic carbocycles. The zero-order valence-corrected chi connectivity index (χ0v) is 15.9. The van der Waals surface area contributed by atoms with E-state index in [1.807, 2.05) is 25.1 Å². The third-order valence-electron chi connectivity index (χ3n) is 4.43. The normalized spacial score (nSPS) is 18.2. The van der Waals surface area contributed by atoms with Crippen molar-refractivity contribution in [1.29, 1.82) is 0 Å². The van der Waals surface area contributed by atoms with E-state index in [1.54, 1.807) is 6.20 Å². The van der Waals surface area contributed by atoms with Crippen LogP contribution < -0.4 is 10.0 Å². The first-order valence-electron chi connectivity index (χ1n) is 8.89. The Morgan fingerprint density at radius 3 is 2.67 bits per heavy atom. The van der Waals surface area contributed by atoms with Crippen LogP contribution in [0.15, 0.2) is 53.6 Å². The molecule has 8 heteroatoms. The van der Waals surface area contributed by atoms with Crippen LogP contribution in [-0.4, -0.2) is 38.6 Å². The molecular formula is C19H23N3O4S. The molecule has 2 atom stereocenters. The van der Waals surface area contributed by atoms with E-state index in [9.17, 15) is 13.2 Å². The minimum Gasteiger partial charge on any atom is -0.377 e. The molecule has 1 saturated heterocycles. The van der Waals surface area contributed by atoms with Crippen molar-refractivity contribution in [3.8, 4) is 0 Å². The molecule has 27 heavy (non-hydrogen) atoms. The summed E-state index contributed by atoms with van der Waals surface area (Å²) >= 11 is 0. The van der Waals surface area contributed by atoms with Crippen molar-refractivity contribution in [2.24, 2.45) is 0 Å². The average molecular weight is 389 g/mol. The number of sulfonamides is 1. The summed E-state index contributed by atoms with van der Waals surface area (Å²) in [5, 5.41) is 2.85. The summed E-state index contributed by atoms with van der Waals surface area (Å²) < 4.78 is 32.7. The Balaban J connectivity index is 1.61. The molecule has 0 saturated carbocycles. The lowest BCUT2D eigenvalue weighted by molar-refractivity contribution is 0.0939. The lowest BCUT2D eigenvalue weighted by Gasteiger charge is -2.14. The van der Waals surface area contributed by atoms with Crippen molar-refractivity contribution in [3.63, 3.8) is 0 Å². The van der Waals surface area contributed by atoms with Gasteiger partial charge in [-0.25, -0.2) is 13.1 Å². The molecular weight excluding hydrogens is 366 g/mol. The number of carbonyl (C=O) groups is 1. The Morgan fingerprint density at radius 2 is 2.04 bits per heavy atom. The number of benzene rings is 1. The topological polar surface area (TPSA) is 97.4 Å². The molecule has 0 bridgehead atoms. The van der Waals surface area contributed by atoms with Crippen LogP contribution >= 0.6 is 0 Å². The second-order valence-corrected chi connectivity index (χ2v) is 8.23. The number of amides is 1. The van der Waals surface area contributed by atoms with Gasteiger partial charge in [0.25, 0.3) is 5.91 Å². The lowest BCUT2D eigenvalue weighted by atomic mass is 10.1. The third-order valence-corrected chi connectivity index (χ3v) is 5.87. The predicted octanol–water partition coefficient (Wildman–Crippen LogP) is 2.03. The number of pyridine rings is 1. The van der Waals surface area contributed by atoms with E-state index in [-0.39, 0.29) is 29.5 Å². The molecule has 2 aromatic rings. The quantitative estimate of drug-likeness (QED) is 0.755.